The van der Waals surface area contributed by atoms with Gasteiger partial charge in [0.1, 0.15) is 0 Å². The van der Waals surface area contributed by atoms with Crippen molar-refractivity contribution in [3.63, 3.8) is 0 Å². The molecular weight excluding hydrogens is 220 g/mol. The number of hydrogen-bond acceptors (Lipinski definition) is 4. The lowest BCUT2D eigenvalue weighted by atomic mass is 10.4. The van der Waals surface area contributed by atoms with Crippen molar-refractivity contribution in [3.8, 4) is 0 Å². The molecule has 0 aromatic carbocycles. The molecule has 1 amide bonds. The predicted octanol–water partition coefficient (Wildman–Crippen LogP) is 0.498. The number of nitrogens with one attached hydrogen (secondary N) is 1. The Morgan fingerprint density at radius 3 is 2.00 bits per heavy atom. The van der Waals surface area contributed by atoms with E-state index in [1.807, 2.05) is 20.8 Å². The number of carbonyl (C=O) groups is 1. The van der Waals surface area contributed by atoms with Crippen LogP contribution in [0.2, 0.25) is 0 Å². The third-order valence-electron chi connectivity index (χ3n) is 2.30. The van der Waals surface area contributed by atoms with Crippen LogP contribution in [0.15, 0.2) is 0 Å². The Balaban J connectivity index is 3.94. The lowest BCUT2D eigenvalue weighted by Crippen LogP contribution is -2.41. The maximum atomic E-state index is 11.8. The van der Waals surface area contributed by atoms with Crippen LogP contribution < -0.4 is 5.32 Å². The minimum Gasteiger partial charge on any atom is -0.380 e. The number of rotatable bonds is 11. The monoisotopic (exact) mass is 246 g/mol. The summed E-state index contributed by atoms with van der Waals surface area (Å²) in [5.41, 5.74) is 0. The van der Waals surface area contributed by atoms with Crippen LogP contribution in [0.1, 0.15) is 20.8 Å². The summed E-state index contributed by atoms with van der Waals surface area (Å²) in [5.74, 6) is 0.103. The molecule has 1 N–H and O–H groups in total. The number of likely N-dealkylation sites (N-methyl/N-ethyl adjacent to an activating group) is 1. The van der Waals surface area contributed by atoms with E-state index in [2.05, 4.69) is 5.32 Å². The molecule has 0 aromatic rings. The molecule has 0 unspecified atom stereocenters. The molecule has 0 saturated carbocycles. The average molecular weight is 246 g/mol. The molecule has 0 aromatic heterocycles. The third kappa shape index (κ3) is 9.09. The first-order valence-corrected chi connectivity index (χ1v) is 6.40. The first kappa shape index (κ1) is 16.4. The summed E-state index contributed by atoms with van der Waals surface area (Å²) >= 11 is 0. The van der Waals surface area contributed by atoms with Crippen LogP contribution in [0.5, 0.6) is 0 Å². The lowest BCUT2D eigenvalue weighted by molar-refractivity contribution is -0.131. The van der Waals surface area contributed by atoms with Gasteiger partial charge in [-0.15, -0.1) is 0 Å². The van der Waals surface area contributed by atoms with Gasteiger partial charge < -0.3 is 19.7 Å². The maximum absolute atomic E-state index is 11.8. The van der Waals surface area contributed by atoms with Crippen LogP contribution in [-0.4, -0.2) is 63.4 Å². The van der Waals surface area contributed by atoms with E-state index in [4.69, 9.17) is 9.47 Å². The fourth-order valence-electron chi connectivity index (χ4n) is 1.34. The average Bonchev–Trinajstić information content (AvgIpc) is 2.34. The van der Waals surface area contributed by atoms with Gasteiger partial charge in [-0.2, -0.15) is 0 Å². The summed E-state index contributed by atoms with van der Waals surface area (Å²) < 4.78 is 10.5. The molecule has 5 nitrogen and oxygen atoms in total. The predicted molar refractivity (Wildman–Crippen MR) is 68.1 cm³/mol. The highest BCUT2D eigenvalue weighted by Crippen LogP contribution is 1.91. The highest BCUT2D eigenvalue weighted by atomic mass is 16.5. The van der Waals surface area contributed by atoms with Crippen molar-refractivity contribution in [2.24, 2.45) is 0 Å². The number of nitrogens with zero attached hydrogens (tertiary/aromatic N) is 1. The zero-order chi connectivity index (χ0) is 12.9. The first-order chi connectivity index (χ1) is 8.26. The quantitative estimate of drug-likeness (QED) is 0.539. The zero-order valence-corrected chi connectivity index (χ0v) is 11.3. The molecule has 0 radical (unpaired) electrons. The normalized spacial score (nSPS) is 10.5. The molecule has 102 valence electrons. The molecule has 0 fully saturated rings. The minimum atomic E-state index is 0.103. The van der Waals surface area contributed by atoms with Crippen LogP contribution in [0.4, 0.5) is 0 Å². The topological polar surface area (TPSA) is 50.8 Å². The van der Waals surface area contributed by atoms with E-state index in [0.717, 1.165) is 6.54 Å². The summed E-state index contributed by atoms with van der Waals surface area (Å²) in [6.07, 6.45) is 0. The molecule has 0 bridgehead atoms. The van der Waals surface area contributed by atoms with Gasteiger partial charge in [-0.25, -0.2) is 0 Å². The van der Waals surface area contributed by atoms with E-state index in [-0.39, 0.29) is 5.91 Å². The second-order valence-electron chi connectivity index (χ2n) is 3.55. The second-order valence-corrected chi connectivity index (χ2v) is 3.55. The largest absolute Gasteiger partial charge is 0.380 e. The van der Waals surface area contributed by atoms with Gasteiger partial charge >= 0.3 is 0 Å². The fourth-order valence-corrected chi connectivity index (χ4v) is 1.34. The highest BCUT2D eigenvalue weighted by Gasteiger charge is 2.12. The molecule has 17 heavy (non-hydrogen) atoms. The minimum absolute atomic E-state index is 0.103. The standard InChI is InChI=1S/C12H26N2O3/c1-4-13-11-12(15)14(7-9-16-5-2)8-10-17-6-3/h13H,4-11H2,1-3H3. The van der Waals surface area contributed by atoms with Crippen LogP contribution in [0, 0.1) is 0 Å². The fraction of sp³-hybridized carbons (Fsp3) is 0.917. The SMILES string of the molecule is CCNCC(=O)N(CCOCC)CCOCC. The van der Waals surface area contributed by atoms with Crippen molar-refractivity contribution in [2.45, 2.75) is 20.8 Å². The number of hydrogen-bond donors (Lipinski definition) is 1. The summed E-state index contributed by atoms with van der Waals surface area (Å²) in [6.45, 7) is 10.9. The van der Waals surface area contributed by atoms with Gasteiger partial charge in [-0.05, 0) is 20.4 Å². The Hall–Kier alpha value is -0.650. The van der Waals surface area contributed by atoms with Gasteiger partial charge in [-0.1, -0.05) is 6.92 Å². The Bertz CT molecular complexity index is 179. The van der Waals surface area contributed by atoms with Gasteiger partial charge in [0.2, 0.25) is 5.91 Å². The van der Waals surface area contributed by atoms with Crippen molar-refractivity contribution < 1.29 is 14.3 Å². The number of amides is 1. The number of ether oxygens (including phenoxy) is 2. The first-order valence-electron chi connectivity index (χ1n) is 6.40. The van der Waals surface area contributed by atoms with Gasteiger partial charge in [0, 0.05) is 26.3 Å². The van der Waals surface area contributed by atoms with Crippen LogP contribution in [0.3, 0.4) is 0 Å². The molecule has 0 rings (SSSR count). The Morgan fingerprint density at radius 1 is 1.06 bits per heavy atom. The molecule has 0 spiro atoms. The molecule has 0 aliphatic carbocycles. The summed E-state index contributed by atoms with van der Waals surface area (Å²) in [5, 5.41) is 3.04. The Labute approximate surface area is 104 Å². The van der Waals surface area contributed by atoms with E-state index in [0.29, 0.717) is 46.1 Å². The molecular formula is C12H26N2O3. The summed E-state index contributed by atoms with van der Waals surface area (Å²) in [7, 11) is 0. The molecule has 0 saturated heterocycles. The molecule has 0 atom stereocenters. The Kier molecular flexibility index (Phi) is 11.4. The molecule has 0 heterocycles. The van der Waals surface area contributed by atoms with Gasteiger partial charge in [-0.3, -0.25) is 4.79 Å². The van der Waals surface area contributed by atoms with Crippen LogP contribution in [-0.2, 0) is 14.3 Å². The highest BCUT2D eigenvalue weighted by molar-refractivity contribution is 5.78. The molecule has 5 heteroatoms. The zero-order valence-electron chi connectivity index (χ0n) is 11.3. The summed E-state index contributed by atoms with van der Waals surface area (Å²) in [6, 6.07) is 0. The van der Waals surface area contributed by atoms with Crippen LogP contribution in [0.25, 0.3) is 0 Å². The smallest absolute Gasteiger partial charge is 0.236 e. The van der Waals surface area contributed by atoms with Crippen molar-refractivity contribution in [1.82, 2.24) is 10.2 Å². The lowest BCUT2D eigenvalue weighted by Gasteiger charge is -2.22. The summed E-state index contributed by atoms with van der Waals surface area (Å²) in [4.78, 5) is 13.6. The van der Waals surface area contributed by atoms with Crippen molar-refractivity contribution in [1.29, 1.82) is 0 Å². The second kappa shape index (κ2) is 11.8. The van der Waals surface area contributed by atoms with Crippen molar-refractivity contribution >= 4 is 5.91 Å². The van der Waals surface area contributed by atoms with Gasteiger partial charge in [0.05, 0.1) is 19.8 Å². The van der Waals surface area contributed by atoms with E-state index >= 15 is 0 Å². The third-order valence-corrected chi connectivity index (χ3v) is 2.30. The van der Waals surface area contributed by atoms with Gasteiger partial charge in [0.15, 0.2) is 0 Å². The van der Waals surface area contributed by atoms with Crippen LogP contribution >= 0.6 is 0 Å². The van der Waals surface area contributed by atoms with Crippen molar-refractivity contribution in [3.05, 3.63) is 0 Å². The maximum Gasteiger partial charge on any atom is 0.236 e. The molecule has 0 aliphatic rings. The van der Waals surface area contributed by atoms with E-state index in [1.54, 1.807) is 4.90 Å². The van der Waals surface area contributed by atoms with E-state index in [1.165, 1.54) is 0 Å². The Morgan fingerprint density at radius 2 is 1.59 bits per heavy atom. The molecule has 0 aliphatic heterocycles. The number of carbonyl (C=O) groups excluding carboxylic acids is 1. The van der Waals surface area contributed by atoms with E-state index in [9.17, 15) is 4.79 Å². The van der Waals surface area contributed by atoms with Gasteiger partial charge in [0.25, 0.3) is 0 Å². The van der Waals surface area contributed by atoms with Crippen molar-refractivity contribution in [2.75, 3.05) is 52.6 Å². The van der Waals surface area contributed by atoms with E-state index < -0.39 is 0 Å².